The van der Waals surface area contributed by atoms with E-state index in [2.05, 4.69) is 33.1 Å². The molecule has 1 N–H and O–H groups in total. The van der Waals surface area contributed by atoms with Gasteiger partial charge in [-0.05, 0) is 60.5 Å². The van der Waals surface area contributed by atoms with Crippen molar-refractivity contribution in [2.75, 3.05) is 45.7 Å². The number of amides is 2. The summed E-state index contributed by atoms with van der Waals surface area (Å²) in [5, 5.41) is 3.87. The predicted molar refractivity (Wildman–Crippen MR) is 135 cm³/mol. The van der Waals surface area contributed by atoms with Crippen LogP contribution in [0.4, 0.5) is 10.5 Å². The highest BCUT2D eigenvalue weighted by molar-refractivity contribution is 5.98. The number of likely N-dealkylation sites (tertiary alicyclic amines) is 1. The zero-order valence-corrected chi connectivity index (χ0v) is 20.5. The molecule has 0 unspecified atom stereocenters. The molecule has 0 radical (unpaired) electrons. The molecule has 0 bridgehead atoms. The third-order valence-corrected chi connectivity index (χ3v) is 7.33. The Morgan fingerprint density at radius 3 is 2.71 bits per heavy atom. The summed E-state index contributed by atoms with van der Waals surface area (Å²) >= 11 is 0. The van der Waals surface area contributed by atoms with Crippen LogP contribution in [0, 0.1) is 0 Å². The van der Waals surface area contributed by atoms with Crippen molar-refractivity contribution in [1.29, 1.82) is 0 Å². The molecule has 5 rings (SSSR count). The number of fused-ring (bicyclic) bond motifs is 2. The molecule has 8 heteroatoms. The van der Waals surface area contributed by atoms with Crippen molar-refractivity contribution in [2.45, 2.75) is 31.9 Å². The number of carbonyl (C=O) groups is 2. The van der Waals surface area contributed by atoms with Gasteiger partial charge in [0.1, 0.15) is 12.4 Å². The fourth-order valence-corrected chi connectivity index (χ4v) is 5.25. The van der Waals surface area contributed by atoms with E-state index in [0.29, 0.717) is 11.6 Å². The van der Waals surface area contributed by atoms with E-state index in [9.17, 15) is 9.59 Å². The number of methoxy groups -OCH3 is 1. The van der Waals surface area contributed by atoms with E-state index in [0.717, 1.165) is 72.4 Å². The largest absolute Gasteiger partial charge is 0.496 e. The first-order valence-corrected chi connectivity index (χ1v) is 12.1. The SMILES string of the molecule is CNC(=O)c1ccc2ccn(C3CCN(CCc4cc5c(cc4OC)COC(=O)N5C)CC3)c2c1. The average Bonchev–Trinajstić information content (AvgIpc) is 3.32. The first kappa shape index (κ1) is 23.2. The number of anilines is 1. The van der Waals surface area contributed by atoms with Crippen molar-refractivity contribution in [3.63, 3.8) is 0 Å². The molecule has 0 saturated carbocycles. The van der Waals surface area contributed by atoms with Gasteiger partial charge in [-0.1, -0.05) is 6.07 Å². The minimum absolute atomic E-state index is 0.0600. The second-order valence-corrected chi connectivity index (χ2v) is 9.30. The molecule has 3 aromatic rings. The molecule has 3 heterocycles. The molecular weight excluding hydrogens is 444 g/mol. The Morgan fingerprint density at radius 2 is 1.97 bits per heavy atom. The molecule has 35 heavy (non-hydrogen) atoms. The lowest BCUT2D eigenvalue weighted by Gasteiger charge is -2.33. The van der Waals surface area contributed by atoms with E-state index in [1.807, 2.05) is 24.3 Å². The molecule has 1 fully saturated rings. The standard InChI is InChI=1S/C27H32N4O4/c1-28-26(32)20-5-4-18-7-13-31(24(18)15-20)22-8-11-30(12-9-22)10-6-19-14-23-21(16-25(19)34-3)17-35-27(33)29(23)2/h4-5,7,13-16,22H,6,8-12,17H2,1-3H3,(H,28,32). The quantitative estimate of drug-likeness (QED) is 0.583. The first-order valence-electron chi connectivity index (χ1n) is 12.1. The van der Waals surface area contributed by atoms with E-state index in [1.165, 1.54) is 0 Å². The normalized spacial score (nSPS) is 16.8. The summed E-state index contributed by atoms with van der Waals surface area (Å²) in [5.74, 6) is 0.783. The summed E-state index contributed by atoms with van der Waals surface area (Å²) in [7, 11) is 5.09. The van der Waals surface area contributed by atoms with Gasteiger partial charge in [0.2, 0.25) is 0 Å². The predicted octanol–water partition coefficient (Wildman–Crippen LogP) is 3.98. The van der Waals surface area contributed by atoms with E-state index in [4.69, 9.17) is 9.47 Å². The Hall–Kier alpha value is -3.52. The van der Waals surface area contributed by atoms with Crippen LogP contribution in [-0.4, -0.2) is 62.3 Å². The zero-order valence-electron chi connectivity index (χ0n) is 20.5. The van der Waals surface area contributed by atoms with Crippen molar-refractivity contribution < 1.29 is 19.1 Å². The lowest BCUT2D eigenvalue weighted by Crippen LogP contribution is -2.36. The lowest BCUT2D eigenvalue weighted by atomic mass is 10.0. The number of aromatic nitrogens is 1. The Kier molecular flexibility index (Phi) is 6.38. The number of carbonyl (C=O) groups excluding carboxylic acids is 2. The van der Waals surface area contributed by atoms with Crippen LogP contribution in [0.2, 0.25) is 0 Å². The van der Waals surface area contributed by atoms with Gasteiger partial charge in [-0.25, -0.2) is 4.79 Å². The highest BCUT2D eigenvalue weighted by Gasteiger charge is 2.25. The summed E-state index contributed by atoms with van der Waals surface area (Å²) in [6, 6.07) is 12.5. The third kappa shape index (κ3) is 4.46. The molecule has 1 aromatic heterocycles. The fourth-order valence-electron chi connectivity index (χ4n) is 5.25. The Morgan fingerprint density at radius 1 is 1.17 bits per heavy atom. The molecule has 8 nitrogen and oxygen atoms in total. The van der Waals surface area contributed by atoms with E-state index >= 15 is 0 Å². The summed E-state index contributed by atoms with van der Waals surface area (Å²) < 4.78 is 13.2. The minimum atomic E-state index is -0.323. The number of nitrogens with one attached hydrogen (secondary N) is 1. The molecule has 0 aliphatic carbocycles. The molecule has 2 aromatic carbocycles. The number of hydrogen-bond acceptors (Lipinski definition) is 5. The smallest absolute Gasteiger partial charge is 0.414 e. The minimum Gasteiger partial charge on any atom is -0.496 e. The molecule has 1 saturated heterocycles. The number of benzene rings is 2. The maximum Gasteiger partial charge on any atom is 0.414 e. The monoisotopic (exact) mass is 476 g/mol. The highest BCUT2D eigenvalue weighted by atomic mass is 16.6. The van der Waals surface area contributed by atoms with Gasteiger partial charge in [0.25, 0.3) is 5.91 Å². The first-order chi connectivity index (χ1) is 17.0. The van der Waals surface area contributed by atoms with Gasteiger partial charge in [0, 0.05) is 62.6 Å². The van der Waals surface area contributed by atoms with Crippen molar-refractivity contribution >= 4 is 28.6 Å². The van der Waals surface area contributed by atoms with Gasteiger partial charge in [-0.2, -0.15) is 0 Å². The highest BCUT2D eigenvalue weighted by Crippen LogP contribution is 2.34. The summed E-state index contributed by atoms with van der Waals surface area (Å²) in [6.07, 6.45) is 4.80. The fraction of sp³-hybridized carbons (Fsp3) is 0.407. The summed E-state index contributed by atoms with van der Waals surface area (Å²) in [5.41, 5.74) is 4.77. The molecular formula is C27H32N4O4. The number of piperidine rings is 1. The van der Waals surface area contributed by atoms with Gasteiger partial charge in [0.05, 0.1) is 12.8 Å². The van der Waals surface area contributed by atoms with Crippen LogP contribution in [0.15, 0.2) is 42.6 Å². The van der Waals surface area contributed by atoms with Crippen LogP contribution in [0.3, 0.4) is 0 Å². The van der Waals surface area contributed by atoms with Crippen LogP contribution < -0.4 is 15.0 Å². The molecule has 184 valence electrons. The number of nitrogens with zero attached hydrogens (tertiary/aromatic N) is 3. The van der Waals surface area contributed by atoms with Crippen LogP contribution in [0.5, 0.6) is 5.75 Å². The van der Waals surface area contributed by atoms with Gasteiger partial charge < -0.3 is 24.3 Å². The Balaban J connectivity index is 1.24. The molecule has 0 spiro atoms. The van der Waals surface area contributed by atoms with Crippen molar-refractivity contribution in [3.8, 4) is 5.75 Å². The van der Waals surface area contributed by atoms with Gasteiger partial charge in [-0.3, -0.25) is 9.69 Å². The van der Waals surface area contributed by atoms with Crippen molar-refractivity contribution in [1.82, 2.24) is 14.8 Å². The van der Waals surface area contributed by atoms with E-state index < -0.39 is 0 Å². The summed E-state index contributed by atoms with van der Waals surface area (Å²) in [6.45, 7) is 3.24. The lowest BCUT2D eigenvalue weighted by molar-refractivity contribution is 0.0963. The number of rotatable bonds is 6. The second kappa shape index (κ2) is 9.62. The maximum atomic E-state index is 12.1. The number of ether oxygens (including phenoxy) is 2. The summed E-state index contributed by atoms with van der Waals surface area (Å²) in [4.78, 5) is 28.1. The van der Waals surface area contributed by atoms with Crippen molar-refractivity contribution in [2.24, 2.45) is 0 Å². The van der Waals surface area contributed by atoms with Crippen LogP contribution >= 0.6 is 0 Å². The van der Waals surface area contributed by atoms with Gasteiger partial charge in [-0.15, -0.1) is 0 Å². The maximum absolute atomic E-state index is 12.1. The van der Waals surface area contributed by atoms with E-state index in [1.54, 1.807) is 26.1 Å². The molecule has 2 amide bonds. The average molecular weight is 477 g/mol. The topological polar surface area (TPSA) is 76.0 Å². The molecule has 2 aliphatic heterocycles. The van der Waals surface area contributed by atoms with Gasteiger partial charge >= 0.3 is 6.09 Å². The van der Waals surface area contributed by atoms with Crippen molar-refractivity contribution in [3.05, 3.63) is 59.3 Å². The Bertz CT molecular complexity index is 1260. The molecule has 2 aliphatic rings. The number of hydrogen-bond donors (Lipinski definition) is 1. The van der Waals surface area contributed by atoms with Crippen LogP contribution in [-0.2, 0) is 17.8 Å². The second-order valence-electron chi connectivity index (χ2n) is 9.30. The third-order valence-electron chi connectivity index (χ3n) is 7.33. The van der Waals surface area contributed by atoms with Gasteiger partial charge in [0.15, 0.2) is 0 Å². The Labute approximate surface area is 205 Å². The van der Waals surface area contributed by atoms with Crippen LogP contribution in [0.1, 0.15) is 40.4 Å². The molecule has 0 atom stereocenters. The van der Waals surface area contributed by atoms with Crippen LogP contribution in [0.25, 0.3) is 10.9 Å². The number of cyclic esters (lactones) is 1. The van der Waals surface area contributed by atoms with E-state index in [-0.39, 0.29) is 18.6 Å². The zero-order chi connectivity index (χ0) is 24.5.